The summed E-state index contributed by atoms with van der Waals surface area (Å²) in [4.78, 5) is 13.0. The second kappa shape index (κ2) is 6.61. The zero-order valence-corrected chi connectivity index (χ0v) is 12.8. The van der Waals surface area contributed by atoms with Gasteiger partial charge in [0.25, 0.3) is 0 Å². The topological polar surface area (TPSA) is 59.0 Å². The average molecular weight is 281 g/mol. The lowest BCUT2D eigenvalue weighted by Crippen LogP contribution is -2.45. The number of ether oxygens (including phenoxy) is 2. The van der Waals surface area contributed by atoms with Crippen LogP contribution in [0.4, 0.5) is 0 Å². The predicted molar refractivity (Wildman–Crippen MR) is 77.6 cm³/mol. The molecule has 0 fully saturated rings. The van der Waals surface area contributed by atoms with Gasteiger partial charge >= 0.3 is 5.97 Å². The Kier molecular flexibility index (Phi) is 5.39. The number of nitrogens with zero attached hydrogens (tertiary/aromatic N) is 1. The van der Waals surface area contributed by atoms with Gasteiger partial charge in [0.15, 0.2) is 11.5 Å². The van der Waals surface area contributed by atoms with Crippen LogP contribution in [0.25, 0.3) is 0 Å². The highest BCUT2D eigenvalue weighted by Crippen LogP contribution is 2.30. The van der Waals surface area contributed by atoms with E-state index in [0.717, 1.165) is 5.56 Å². The van der Waals surface area contributed by atoms with Gasteiger partial charge in [0.05, 0.1) is 20.6 Å². The third-order valence-corrected chi connectivity index (χ3v) is 3.64. The first-order chi connectivity index (χ1) is 9.32. The van der Waals surface area contributed by atoms with Crippen molar-refractivity contribution in [1.82, 2.24) is 4.90 Å². The van der Waals surface area contributed by atoms with Crippen molar-refractivity contribution in [3.8, 4) is 11.5 Å². The Morgan fingerprint density at radius 2 is 1.85 bits per heavy atom. The molecule has 5 nitrogen and oxygen atoms in total. The summed E-state index contributed by atoms with van der Waals surface area (Å²) in [5, 5.41) is 9.09. The molecular formula is C15H23NO4. The summed E-state index contributed by atoms with van der Waals surface area (Å²) in [7, 11) is 6.96. The second-order valence-electron chi connectivity index (χ2n) is 5.33. The summed E-state index contributed by atoms with van der Waals surface area (Å²) in [5.74, 6) is 0.518. The van der Waals surface area contributed by atoms with E-state index in [-0.39, 0.29) is 6.42 Å². The molecule has 1 N–H and O–H groups in total. The molecule has 0 bridgehead atoms. The molecule has 0 aromatic heterocycles. The molecule has 0 aliphatic rings. The van der Waals surface area contributed by atoms with Gasteiger partial charge in [-0.3, -0.25) is 4.79 Å². The molecule has 112 valence electrons. The lowest BCUT2D eigenvalue weighted by Gasteiger charge is -2.35. The Morgan fingerprint density at radius 3 is 2.30 bits per heavy atom. The maximum absolute atomic E-state index is 11.1. The zero-order chi connectivity index (χ0) is 15.3. The van der Waals surface area contributed by atoms with E-state index in [9.17, 15) is 4.79 Å². The van der Waals surface area contributed by atoms with E-state index in [2.05, 4.69) is 0 Å². The molecule has 0 amide bonds. The number of hydrogen-bond donors (Lipinski definition) is 1. The van der Waals surface area contributed by atoms with Crippen LogP contribution in [0, 0.1) is 0 Å². The Balaban J connectivity index is 3.02. The van der Waals surface area contributed by atoms with Crippen LogP contribution >= 0.6 is 0 Å². The van der Waals surface area contributed by atoms with Crippen LogP contribution in [0.2, 0.25) is 0 Å². The highest BCUT2D eigenvalue weighted by molar-refractivity contribution is 5.68. The fourth-order valence-corrected chi connectivity index (χ4v) is 2.13. The van der Waals surface area contributed by atoms with Crippen molar-refractivity contribution >= 4 is 5.97 Å². The standard InChI is InChI=1S/C15H23NO4/c1-15(16(2)3,10-14(17)18)9-11-6-7-12(19-4)13(8-11)20-5/h6-8H,9-10H2,1-5H3,(H,17,18). The zero-order valence-electron chi connectivity index (χ0n) is 12.8. The van der Waals surface area contributed by atoms with E-state index >= 15 is 0 Å². The second-order valence-corrected chi connectivity index (χ2v) is 5.33. The van der Waals surface area contributed by atoms with Gasteiger partial charge < -0.3 is 19.5 Å². The minimum absolute atomic E-state index is 0.0777. The van der Waals surface area contributed by atoms with Crippen LogP contribution < -0.4 is 9.47 Å². The van der Waals surface area contributed by atoms with E-state index in [1.165, 1.54) is 0 Å². The molecule has 0 aliphatic heterocycles. The summed E-state index contributed by atoms with van der Waals surface area (Å²) in [6.45, 7) is 1.94. The number of aliphatic carboxylic acids is 1. The Labute approximate surface area is 120 Å². The van der Waals surface area contributed by atoms with E-state index in [1.54, 1.807) is 14.2 Å². The minimum Gasteiger partial charge on any atom is -0.493 e. The number of likely N-dealkylation sites (N-methyl/N-ethyl adjacent to an activating group) is 1. The molecule has 0 saturated heterocycles. The van der Waals surface area contributed by atoms with Crippen molar-refractivity contribution < 1.29 is 19.4 Å². The third-order valence-electron chi connectivity index (χ3n) is 3.64. The fraction of sp³-hybridized carbons (Fsp3) is 0.533. The third kappa shape index (κ3) is 3.87. The molecule has 0 heterocycles. The number of carbonyl (C=O) groups is 1. The van der Waals surface area contributed by atoms with E-state index in [4.69, 9.17) is 14.6 Å². The van der Waals surface area contributed by atoms with Gasteiger partial charge in [0.1, 0.15) is 0 Å². The van der Waals surface area contributed by atoms with Gasteiger partial charge in [-0.1, -0.05) is 6.07 Å². The first-order valence-corrected chi connectivity index (χ1v) is 6.42. The average Bonchev–Trinajstić information content (AvgIpc) is 2.37. The van der Waals surface area contributed by atoms with Crippen molar-refractivity contribution in [2.24, 2.45) is 0 Å². The molecule has 1 rings (SSSR count). The molecule has 0 saturated carbocycles. The Hall–Kier alpha value is -1.75. The van der Waals surface area contributed by atoms with Crippen molar-refractivity contribution in [3.05, 3.63) is 23.8 Å². The maximum atomic E-state index is 11.1. The molecule has 1 atom stereocenters. The first kappa shape index (κ1) is 16.3. The summed E-state index contributed by atoms with van der Waals surface area (Å²) in [6.07, 6.45) is 0.695. The summed E-state index contributed by atoms with van der Waals surface area (Å²) in [6, 6.07) is 5.67. The largest absolute Gasteiger partial charge is 0.493 e. The van der Waals surface area contributed by atoms with Crippen molar-refractivity contribution in [3.63, 3.8) is 0 Å². The summed E-state index contributed by atoms with van der Waals surface area (Å²) < 4.78 is 10.5. The first-order valence-electron chi connectivity index (χ1n) is 6.42. The number of carboxylic acid groups (broad SMARTS) is 1. The van der Waals surface area contributed by atoms with E-state index in [1.807, 2.05) is 44.1 Å². The SMILES string of the molecule is COc1ccc(CC(C)(CC(=O)O)N(C)C)cc1OC. The van der Waals surface area contributed by atoms with Gasteiger partial charge in [-0.15, -0.1) is 0 Å². The molecule has 0 radical (unpaired) electrons. The molecule has 1 unspecified atom stereocenters. The van der Waals surface area contributed by atoms with Crippen LogP contribution in [0.1, 0.15) is 18.9 Å². The van der Waals surface area contributed by atoms with Gasteiger partial charge in [0.2, 0.25) is 0 Å². The van der Waals surface area contributed by atoms with Crippen molar-refractivity contribution in [2.75, 3.05) is 28.3 Å². The van der Waals surface area contributed by atoms with Crippen LogP contribution in [0.5, 0.6) is 11.5 Å². The molecule has 1 aromatic carbocycles. The maximum Gasteiger partial charge on any atom is 0.305 e. The fourth-order valence-electron chi connectivity index (χ4n) is 2.13. The minimum atomic E-state index is -0.804. The molecule has 5 heteroatoms. The number of hydrogen-bond acceptors (Lipinski definition) is 4. The lowest BCUT2D eigenvalue weighted by molar-refractivity contribution is -0.139. The van der Waals surface area contributed by atoms with Gasteiger partial charge in [-0.2, -0.15) is 0 Å². The highest BCUT2D eigenvalue weighted by Gasteiger charge is 2.30. The molecule has 0 aliphatic carbocycles. The van der Waals surface area contributed by atoms with E-state index in [0.29, 0.717) is 17.9 Å². The number of carboxylic acids is 1. The van der Waals surface area contributed by atoms with Crippen LogP contribution in [0.15, 0.2) is 18.2 Å². The van der Waals surface area contributed by atoms with Crippen LogP contribution in [-0.2, 0) is 11.2 Å². The molecule has 20 heavy (non-hydrogen) atoms. The number of methoxy groups -OCH3 is 2. The number of rotatable bonds is 7. The quantitative estimate of drug-likeness (QED) is 0.829. The highest BCUT2D eigenvalue weighted by atomic mass is 16.5. The Bertz CT molecular complexity index is 473. The summed E-state index contributed by atoms with van der Waals surface area (Å²) >= 11 is 0. The van der Waals surface area contributed by atoms with Gasteiger partial charge in [0, 0.05) is 5.54 Å². The van der Waals surface area contributed by atoms with Crippen molar-refractivity contribution in [2.45, 2.75) is 25.3 Å². The Morgan fingerprint density at radius 1 is 1.25 bits per heavy atom. The number of benzene rings is 1. The van der Waals surface area contributed by atoms with Crippen molar-refractivity contribution in [1.29, 1.82) is 0 Å². The van der Waals surface area contributed by atoms with Crippen LogP contribution in [-0.4, -0.2) is 49.8 Å². The van der Waals surface area contributed by atoms with Gasteiger partial charge in [-0.25, -0.2) is 0 Å². The summed E-state index contributed by atoms with van der Waals surface area (Å²) in [5.41, 5.74) is 0.561. The monoisotopic (exact) mass is 281 g/mol. The lowest BCUT2D eigenvalue weighted by atomic mass is 9.88. The molecular weight excluding hydrogens is 258 g/mol. The molecule has 0 spiro atoms. The van der Waals surface area contributed by atoms with Gasteiger partial charge in [-0.05, 0) is 45.1 Å². The van der Waals surface area contributed by atoms with Crippen LogP contribution in [0.3, 0.4) is 0 Å². The molecule has 1 aromatic rings. The predicted octanol–water partition coefficient (Wildman–Crippen LogP) is 2.04. The smallest absolute Gasteiger partial charge is 0.305 e. The normalized spacial score (nSPS) is 13.9. The van der Waals surface area contributed by atoms with E-state index < -0.39 is 11.5 Å².